The van der Waals surface area contributed by atoms with E-state index in [2.05, 4.69) is 52.5 Å². The number of halogens is 1. The number of rotatable bonds is 5. The minimum absolute atomic E-state index is 0.00933. The zero-order valence-corrected chi connectivity index (χ0v) is 18.8. The Hall–Kier alpha value is -2.74. The van der Waals surface area contributed by atoms with Gasteiger partial charge in [-0.25, -0.2) is 4.39 Å². The van der Waals surface area contributed by atoms with Crippen LogP contribution in [0.5, 0.6) is 0 Å². The maximum absolute atomic E-state index is 13.7. The summed E-state index contributed by atoms with van der Waals surface area (Å²) in [6.07, 6.45) is 13.4. The molecular weight excluding hydrogens is 369 g/mol. The second-order valence-electron chi connectivity index (χ2n) is 8.55. The van der Waals surface area contributed by atoms with Crippen LogP contribution in [0.3, 0.4) is 0 Å². The van der Waals surface area contributed by atoms with Gasteiger partial charge in [0.05, 0.1) is 5.69 Å². The lowest BCUT2D eigenvalue weighted by Gasteiger charge is -2.26. The summed E-state index contributed by atoms with van der Waals surface area (Å²) in [4.78, 5) is 5.11. The lowest BCUT2D eigenvalue weighted by molar-refractivity contribution is 0.423. The predicted molar refractivity (Wildman–Crippen MR) is 128 cm³/mol. The van der Waals surface area contributed by atoms with Crippen molar-refractivity contribution in [1.29, 1.82) is 0 Å². The summed E-state index contributed by atoms with van der Waals surface area (Å²) in [5, 5.41) is 0. The van der Waals surface area contributed by atoms with E-state index in [0.29, 0.717) is 0 Å². The summed E-state index contributed by atoms with van der Waals surface area (Å²) in [5.41, 5.74) is 8.95. The molecule has 0 N–H and O–H groups in total. The molecule has 1 aliphatic rings. The summed E-state index contributed by atoms with van der Waals surface area (Å²) in [5.74, 6) is -0.218. The third-order valence-electron chi connectivity index (χ3n) is 5.99. The Morgan fingerprint density at radius 3 is 2.47 bits per heavy atom. The van der Waals surface area contributed by atoms with Crippen molar-refractivity contribution >= 4 is 11.6 Å². The fourth-order valence-electron chi connectivity index (χ4n) is 4.40. The van der Waals surface area contributed by atoms with Gasteiger partial charge in [0.15, 0.2) is 0 Å². The Morgan fingerprint density at radius 2 is 1.87 bits per heavy atom. The zero-order valence-electron chi connectivity index (χ0n) is 18.8. The van der Waals surface area contributed by atoms with Crippen LogP contribution >= 0.6 is 0 Å². The van der Waals surface area contributed by atoms with Gasteiger partial charge in [0.1, 0.15) is 5.82 Å². The molecule has 0 spiro atoms. The monoisotopic (exact) mass is 401 g/mol. The van der Waals surface area contributed by atoms with Crippen LogP contribution in [0.15, 0.2) is 60.7 Å². The van der Waals surface area contributed by atoms with Crippen molar-refractivity contribution in [2.24, 2.45) is 5.41 Å². The van der Waals surface area contributed by atoms with E-state index >= 15 is 0 Å². The van der Waals surface area contributed by atoms with Crippen LogP contribution in [0.2, 0.25) is 0 Å². The summed E-state index contributed by atoms with van der Waals surface area (Å²) in [6, 6.07) is 6.85. The van der Waals surface area contributed by atoms with Crippen molar-refractivity contribution in [3.8, 4) is 11.1 Å². The van der Waals surface area contributed by atoms with E-state index in [4.69, 9.17) is 4.98 Å². The largest absolute Gasteiger partial charge is 0.252 e. The van der Waals surface area contributed by atoms with Crippen LogP contribution in [0, 0.1) is 18.2 Å². The molecule has 1 heterocycles. The van der Waals surface area contributed by atoms with Gasteiger partial charge in [0.2, 0.25) is 0 Å². The molecule has 1 nitrogen and oxygen atoms in total. The molecule has 1 aromatic carbocycles. The number of nitrogens with zero attached hydrogens (tertiary/aromatic N) is 1. The molecule has 0 fully saturated rings. The van der Waals surface area contributed by atoms with Gasteiger partial charge in [-0.15, -0.1) is 0 Å². The molecule has 0 saturated carbocycles. The normalized spacial score (nSPS) is 16.2. The van der Waals surface area contributed by atoms with Gasteiger partial charge in [-0.3, -0.25) is 4.98 Å². The molecule has 2 aromatic rings. The van der Waals surface area contributed by atoms with Gasteiger partial charge >= 0.3 is 0 Å². The van der Waals surface area contributed by atoms with E-state index in [9.17, 15) is 4.39 Å². The number of pyridine rings is 1. The quantitative estimate of drug-likeness (QED) is 0.493. The van der Waals surface area contributed by atoms with Gasteiger partial charge in [-0.05, 0) is 72.9 Å². The van der Waals surface area contributed by atoms with Crippen molar-refractivity contribution in [2.45, 2.75) is 53.9 Å². The minimum Gasteiger partial charge on any atom is -0.252 e. The summed E-state index contributed by atoms with van der Waals surface area (Å²) in [7, 11) is 0. The predicted octanol–water partition coefficient (Wildman–Crippen LogP) is 8.11. The molecule has 156 valence electrons. The Labute approximate surface area is 180 Å². The van der Waals surface area contributed by atoms with Gasteiger partial charge < -0.3 is 0 Å². The van der Waals surface area contributed by atoms with E-state index in [-0.39, 0.29) is 11.2 Å². The molecular formula is C28H32FN. The third-order valence-corrected chi connectivity index (χ3v) is 5.99. The van der Waals surface area contributed by atoms with E-state index in [0.717, 1.165) is 47.4 Å². The first-order chi connectivity index (χ1) is 14.3. The highest BCUT2D eigenvalue weighted by Gasteiger charge is 2.31. The Balaban J connectivity index is 2.44. The summed E-state index contributed by atoms with van der Waals surface area (Å²) in [6.45, 7) is 14.9. The van der Waals surface area contributed by atoms with E-state index in [1.54, 1.807) is 12.1 Å². The number of allylic oxidation sites excluding steroid dienone is 6. The van der Waals surface area contributed by atoms with Crippen LogP contribution in [0.4, 0.5) is 4.39 Å². The summed E-state index contributed by atoms with van der Waals surface area (Å²) < 4.78 is 13.7. The number of hydrogen-bond acceptors (Lipinski definition) is 1. The Kier molecular flexibility index (Phi) is 6.55. The lowest BCUT2D eigenvalue weighted by Crippen LogP contribution is -2.14. The highest BCUT2D eigenvalue weighted by atomic mass is 19.1. The molecule has 1 aromatic heterocycles. The molecule has 3 rings (SSSR count). The van der Waals surface area contributed by atoms with Crippen LogP contribution in [-0.4, -0.2) is 4.98 Å². The van der Waals surface area contributed by atoms with E-state index < -0.39 is 0 Å². The average Bonchev–Trinajstić information content (AvgIpc) is 2.81. The third kappa shape index (κ3) is 4.09. The van der Waals surface area contributed by atoms with Gasteiger partial charge in [0, 0.05) is 16.8 Å². The second-order valence-corrected chi connectivity index (χ2v) is 8.55. The van der Waals surface area contributed by atoms with Crippen molar-refractivity contribution in [1.82, 2.24) is 4.98 Å². The smallest absolute Gasteiger partial charge is 0.123 e. The van der Waals surface area contributed by atoms with Crippen LogP contribution in [0.1, 0.15) is 63.1 Å². The lowest BCUT2D eigenvalue weighted by atomic mass is 9.78. The van der Waals surface area contributed by atoms with Gasteiger partial charge in [-0.2, -0.15) is 0 Å². The molecule has 0 saturated heterocycles. The molecule has 0 radical (unpaired) electrons. The SMILES string of the molecule is C=CC1=C(/C=C\CC)c2nc(C)c(/C=C/C)c(-c3ccc(F)cc3)c2CCC1(C)C. The molecule has 0 unspecified atom stereocenters. The number of aryl methyl sites for hydroxylation is 1. The highest BCUT2D eigenvalue weighted by Crippen LogP contribution is 2.45. The maximum Gasteiger partial charge on any atom is 0.123 e. The van der Waals surface area contributed by atoms with Crippen LogP contribution in [-0.2, 0) is 6.42 Å². The Morgan fingerprint density at radius 1 is 1.17 bits per heavy atom. The van der Waals surface area contributed by atoms with Gasteiger partial charge in [-0.1, -0.05) is 69.9 Å². The Bertz CT molecular complexity index is 1030. The molecule has 0 aliphatic heterocycles. The highest BCUT2D eigenvalue weighted by molar-refractivity contribution is 5.87. The molecule has 30 heavy (non-hydrogen) atoms. The van der Waals surface area contributed by atoms with Crippen molar-refractivity contribution in [2.75, 3.05) is 0 Å². The standard InChI is InChI=1S/C28H32FN/c1-7-10-12-23-25(9-3)28(5,6)18-17-24-26(20-13-15-21(29)16-14-20)22(11-8-2)19(4)30-27(23)24/h8-16H,3,7,17-18H2,1-2,4-6H3/b11-8+,12-10-. The van der Waals surface area contributed by atoms with Crippen LogP contribution < -0.4 is 0 Å². The topological polar surface area (TPSA) is 12.9 Å². The first-order valence-electron chi connectivity index (χ1n) is 10.8. The molecule has 2 heteroatoms. The number of hydrogen-bond donors (Lipinski definition) is 0. The van der Waals surface area contributed by atoms with Gasteiger partial charge in [0.25, 0.3) is 0 Å². The second kappa shape index (κ2) is 8.95. The first-order valence-corrected chi connectivity index (χ1v) is 10.8. The molecule has 0 bridgehead atoms. The number of benzene rings is 1. The van der Waals surface area contributed by atoms with Crippen molar-refractivity contribution < 1.29 is 4.39 Å². The summed E-state index contributed by atoms with van der Waals surface area (Å²) >= 11 is 0. The first kappa shape index (κ1) is 22.0. The zero-order chi connectivity index (χ0) is 21.9. The fraction of sp³-hybridized carbons (Fsp3) is 0.321. The average molecular weight is 402 g/mol. The maximum atomic E-state index is 13.7. The van der Waals surface area contributed by atoms with E-state index in [1.165, 1.54) is 16.7 Å². The fourth-order valence-corrected chi connectivity index (χ4v) is 4.40. The van der Waals surface area contributed by atoms with Crippen molar-refractivity contribution in [3.63, 3.8) is 0 Å². The minimum atomic E-state index is -0.218. The molecule has 0 amide bonds. The number of fused-ring (bicyclic) bond motifs is 1. The molecule has 1 aliphatic carbocycles. The number of aromatic nitrogens is 1. The molecule has 0 atom stereocenters. The van der Waals surface area contributed by atoms with E-state index in [1.807, 2.05) is 31.2 Å². The van der Waals surface area contributed by atoms with Crippen LogP contribution in [0.25, 0.3) is 22.8 Å². The van der Waals surface area contributed by atoms with Crippen molar-refractivity contribution in [3.05, 3.63) is 89.1 Å².